The zero-order valence-corrected chi connectivity index (χ0v) is 18.5. The molecule has 0 aliphatic carbocycles. The molecule has 3 rings (SSSR count). The fourth-order valence-corrected chi connectivity index (χ4v) is 3.46. The van der Waals surface area contributed by atoms with Crippen molar-refractivity contribution in [2.45, 2.75) is 6.92 Å². The van der Waals surface area contributed by atoms with Gasteiger partial charge in [0, 0.05) is 10.0 Å². The van der Waals surface area contributed by atoms with Crippen molar-refractivity contribution in [3.63, 3.8) is 0 Å². The summed E-state index contributed by atoms with van der Waals surface area (Å²) >= 11 is 11.9. The van der Waals surface area contributed by atoms with Gasteiger partial charge in [-0.2, -0.15) is 10.0 Å². The highest BCUT2D eigenvalue weighted by molar-refractivity contribution is 6.31. The lowest BCUT2D eigenvalue weighted by Crippen LogP contribution is -2.47. The number of halogens is 2. The number of rotatable bonds is 3. The predicted molar refractivity (Wildman–Crippen MR) is 117 cm³/mol. The number of hydrazone groups is 1. The molecule has 0 N–H and O–H groups in total. The van der Waals surface area contributed by atoms with Crippen LogP contribution in [0.1, 0.15) is 12.5 Å². The molecule has 1 aliphatic rings. The molecular weight excluding hydrogens is 445 g/mol. The van der Waals surface area contributed by atoms with Gasteiger partial charge in [0.15, 0.2) is 0 Å². The highest BCUT2D eigenvalue weighted by Crippen LogP contribution is 2.34. The number of carbonyl (C=O) groups is 3. The van der Waals surface area contributed by atoms with Gasteiger partial charge in [-0.1, -0.05) is 35.3 Å². The smallest absolute Gasteiger partial charge is 0.422 e. The van der Waals surface area contributed by atoms with Gasteiger partial charge in [-0.05, 0) is 48.9 Å². The minimum atomic E-state index is -1.26. The van der Waals surface area contributed by atoms with Crippen molar-refractivity contribution in [1.82, 2.24) is 5.01 Å². The number of carbonyl (C=O) groups excluding carboxylic acids is 3. The van der Waals surface area contributed by atoms with E-state index in [4.69, 9.17) is 32.7 Å². The SMILES string of the molecule is COC(=O)N(C(=O)N1CC(C)(C(=O)OC)C(c2ccc(Cl)cc2)=N1)c1ccc(Cl)cc1. The van der Waals surface area contributed by atoms with Gasteiger partial charge in [0.25, 0.3) is 0 Å². The number of hydrogen-bond acceptors (Lipinski definition) is 6. The van der Waals surface area contributed by atoms with Gasteiger partial charge in [0.1, 0.15) is 5.41 Å². The van der Waals surface area contributed by atoms with Crippen LogP contribution < -0.4 is 4.90 Å². The van der Waals surface area contributed by atoms with Crippen LogP contribution in [-0.4, -0.2) is 49.6 Å². The van der Waals surface area contributed by atoms with E-state index >= 15 is 0 Å². The van der Waals surface area contributed by atoms with E-state index in [1.807, 2.05) is 0 Å². The summed E-state index contributed by atoms with van der Waals surface area (Å²) < 4.78 is 9.74. The van der Waals surface area contributed by atoms with Crippen molar-refractivity contribution in [3.8, 4) is 0 Å². The standard InChI is InChI=1S/C21H19Cl2N3O5/c1-21(18(27)30-2)12-25(24-17(21)13-4-6-14(22)7-5-13)19(28)26(20(29)31-3)16-10-8-15(23)9-11-16/h4-11H,12H2,1-3H3. The molecule has 0 radical (unpaired) electrons. The summed E-state index contributed by atoms with van der Waals surface area (Å²) in [4.78, 5) is 39.1. The zero-order chi connectivity index (χ0) is 22.8. The van der Waals surface area contributed by atoms with Gasteiger partial charge >= 0.3 is 18.1 Å². The van der Waals surface area contributed by atoms with Crippen LogP contribution in [0.3, 0.4) is 0 Å². The maximum absolute atomic E-state index is 13.3. The molecule has 2 aromatic rings. The number of imide groups is 1. The second-order valence-electron chi connectivity index (χ2n) is 6.90. The summed E-state index contributed by atoms with van der Waals surface area (Å²) in [6.07, 6.45) is -0.915. The van der Waals surface area contributed by atoms with E-state index < -0.39 is 23.5 Å². The Morgan fingerprint density at radius 2 is 1.52 bits per heavy atom. The second kappa shape index (κ2) is 8.95. The molecule has 0 saturated carbocycles. The average Bonchev–Trinajstić information content (AvgIpc) is 3.13. The van der Waals surface area contributed by atoms with Crippen molar-refractivity contribution in [1.29, 1.82) is 0 Å². The van der Waals surface area contributed by atoms with Gasteiger partial charge in [-0.25, -0.2) is 14.6 Å². The normalized spacial score (nSPS) is 17.7. The molecular formula is C21H19Cl2N3O5. The first-order valence-corrected chi connectivity index (χ1v) is 9.85. The number of hydrogen-bond donors (Lipinski definition) is 0. The molecule has 8 nitrogen and oxygen atoms in total. The fraction of sp³-hybridized carbons (Fsp3) is 0.238. The number of ether oxygens (including phenoxy) is 2. The van der Waals surface area contributed by atoms with Gasteiger partial charge < -0.3 is 9.47 Å². The second-order valence-corrected chi connectivity index (χ2v) is 7.77. The summed E-state index contributed by atoms with van der Waals surface area (Å²) in [7, 11) is 2.41. The van der Waals surface area contributed by atoms with Crippen molar-refractivity contribution in [2.75, 3.05) is 25.7 Å². The van der Waals surface area contributed by atoms with E-state index in [0.717, 1.165) is 17.0 Å². The lowest BCUT2D eigenvalue weighted by atomic mass is 9.82. The molecule has 3 amide bonds. The minimum absolute atomic E-state index is 0.141. The third kappa shape index (κ3) is 4.35. The number of anilines is 1. The predicted octanol–water partition coefficient (Wildman–Crippen LogP) is 4.59. The largest absolute Gasteiger partial charge is 0.468 e. The third-order valence-corrected chi connectivity index (χ3v) is 5.32. The van der Waals surface area contributed by atoms with E-state index in [9.17, 15) is 14.4 Å². The van der Waals surface area contributed by atoms with E-state index in [1.165, 1.54) is 31.4 Å². The lowest BCUT2D eigenvalue weighted by molar-refractivity contribution is -0.147. The first-order valence-electron chi connectivity index (χ1n) is 9.10. The molecule has 31 heavy (non-hydrogen) atoms. The van der Waals surface area contributed by atoms with Gasteiger partial charge in [0.2, 0.25) is 0 Å². The Kier molecular flexibility index (Phi) is 6.52. The number of methoxy groups -OCH3 is 2. The molecule has 0 fully saturated rings. The third-order valence-electron chi connectivity index (χ3n) is 4.82. The summed E-state index contributed by atoms with van der Waals surface area (Å²) in [6, 6.07) is 11.9. The van der Waals surface area contributed by atoms with Crippen LogP contribution in [0.5, 0.6) is 0 Å². The Balaban J connectivity index is 2.04. The van der Waals surface area contributed by atoms with Crippen LogP contribution in [0.15, 0.2) is 53.6 Å². The quantitative estimate of drug-likeness (QED) is 0.621. The van der Waals surface area contributed by atoms with Crippen LogP contribution in [0.4, 0.5) is 15.3 Å². The lowest BCUT2D eigenvalue weighted by Gasteiger charge is -2.26. The van der Waals surface area contributed by atoms with Crippen LogP contribution >= 0.6 is 23.2 Å². The molecule has 1 heterocycles. The molecule has 0 spiro atoms. The Morgan fingerprint density at radius 3 is 2.03 bits per heavy atom. The summed E-state index contributed by atoms with van der Waals surface area (Å²) in [5.74, 6) is -0.576. The number of urea groups is 1. The minimum Gasteiger partial charge on any atom is -0.468 e. The first kappa shape index (κ1) is 22.6. The van der Waals surface area contributed by atoms with E-state index in [0.29, 0.717) is 21.3 Å². The molecule has 2 aromatic carbocycles. The summed E-state index contributed by atoms with van der Waals surface area (Å²) in [5.41, 5.74) is -0.134. The number of benzene rings is 2. The highest BCUT2D eigenvalue weighted by atomic mass is 35.5. The van der Waals surface area contributed by atoms with Crippen LogP contribution in [0, 0.1) is 5.41 Å². The zero-order valence-electron chi connectivity index (χ0n) is 17.0. The molecule has 0 aromatic heterocycles. The fourth-order valence-electron chi connectivity index (χ4n) is 3.21. The first-order chi connectivity index (χ1) is 14.7. The molecule has 1 unspecified atom stereocenters. The number of nitrogens with zero attached hydrogens (tertiary/aromatic N) is 3. The van der Waals surface area contributed by atoms with Crippen LogP contribution in [-0.2, 0) is 14.3 Å². The molecule has 1 atom stereocenters. The van der Waals surface area contributed by atoms with Crippen molar-refractivity contribution < 1.29 is 23.9 Å². The Bertz CT molecular complexity index is 1040. The number of amides is 3. The van der Waals surface area contributed by atoms with Crippen molar-refractivity contribution in [3.05, 3.63) is 64.1 Å². The molecule has 162 valence electrons. The van der Waals surface area contributed by atoms with E-state index in [1.54, 1.807) is 31.2 Å². The Hall–Kier alpha value is -3.10. The summed E-state index contributed by atoms with van der Waals surface area (Å²) in [5, 5.41) is 6.35. The van der Waals surface area contributed by atoms with Crippen LogP contribution in [0.2, 0.25) is 10.0 Å². The maximum atomic E-state index is 13.3. The van der Waals surface area contributed by atoms with E-state index in [-0.39, 0.29) is 12.2 Å². The maximum Gasteiger partial charge on any atom is 0.422 e. The van der Waals surface area contributed by atoms with E-state index in [2.05, 4.69) is 5.10 Å². The van der Waals surface area contributed by atoms with Gasteiger partial charge in [0.05, 0.1) is 32.2 Å². The monoisotopic (exact) mass is 463 g/mol. The molecule has 0 saturated heterocycles. The van der Waals surface area contributed by atoms with Crippen molar-refractivity contribution in [2.24, 2.45) is 10.5 Å². The van der Waals surface area contributed by atoms with Gasteiger partial charge in [-0.3, -0.25) is 4.79 Å². The Labute approximate surface area is 188 Å². The number of esters is 1. The molecule has 1 aliphatic heterocycles. The highest BCUT2D eigenvalue weighted by Gasteiger charge is 2.49. The van der Waals surface area contributed by atoms with Crippen LogP contribution in [0.25, 0.3) is 0 Å². The molecule has 10 heteroatoms. The Morgan fingerprint density at radius 1 is 0.968 bits per heavy atom. The topological polar surface area (TPSA) is 88.5 Å². The summed E-state index contributed by atoms with van der Waals surface area (Å²) in [6.45, 7) is 1.47. The molecule has 0 bridgehead atoms. The average molecular weight is 464 g/mol. The van der Waals surface area contributed by atoms with Gasteiger partial charge in [-0.15, -0.1) is 0 Å². The van der Waals surface area contributed by atoms with Crippen molar-refractivity contribution >= 4 is 52.7 Å².